The maximum atomic E-state index is 11.8. The number of hydrogen-bond donors (Lipinski definition) is 6. The number of anilines is 1. The fourth-order valence-electron chi connectivity index (χ4n) is 2.92. The molecule has 2 atom stereocenters. The first-order chi connectivity index (χ1) is 13.5. The van der Waals surface area contributed by atoms with Gasteiger partial charge in [-0.15, -0.1) is 0 Å². The van der Waals surface area contributed by atoms with E-state index in [1.165, 1.54) is 18.1 Å². The van der Waals surface area contributed by atoms with Gasteiger partial charge >= 0.3 is 0 Å². The lowest BCUT2D eigenvalue weighted by molar-refractivity contribution is -0.114. The molecule has 0 saturated heterocycles. The van der Waals surface area contributed by atoms with E-state index >= 15 is 0 Å². The molecule has 0 bridgehead atoms. The van der Waals surface area contributed by atoms with Crippen LogP contribution in [0.3, 0.4) is 0 Å². The van der Waals surface area contributed by atoms with Gasteiger partial charge in [-0.2, -0.15) is 0 Å². The largest absolute Gasteiger partial charge is 0.386 e. The van der Waals surface area contributed by atoms with E-state index in [1.807, 2.05) is 24.3 Å². The molecular weight excluding hydrogens is 376 g/mol. The fraction of sp³-hybridized carbons (Fsp3) is 0.474. The van der Waals surface area contributed by atoms with Crippen LogP contribution in [0.15, 0.2) is 40.9 Å². The Morgan fingerprint density at radius 1 is 1.32 bits per heavy atom. The van der Waals surface area contributed by atoms with Gasteiger partial charge in [0.2, 0.25) is 0 Å². The van der Waals surface area contributed by atoms with Crippen molar-refractivity contribution in [2.75, 3.05) is 25.6 Å². The van der Waals surface area contributed by atoms with E-state index in [-0.39, 0.29) is 23.5 Å². The van der Waals surface area contributed by atoms with Crippen molar-refractivity contribution in [1.82, 2.24) is 10.0 Å². The summed E-state index contributed by atoms with van der Waals surface area (Å²) in [5.74, 6) is -0.716. The van der Waals surface area contributed by atoms with Crippen LogP contribution in [0.4, 0.5) is 5.69 Å². The van der Waals surface area contributed by atoms with Crippen LogP contribution >= 0.6 is 11.9 Å². The summed E-state index contributed by atoms with van der Waals surface area (Å²) >= 11 is 1.50. The maximum absolute atomic E-state index is 11.8. The minimum Gasteiger partial charge on any atom is -0.386 e. The zero-order valence-corrected chi connectivity index (χ0v) is 17.0. The van der Waals surface area contributed by atoms with Crippen molar-refractivity contribution in [3.8, 4) is 0 Å². The first kappa shape index (κ1) is 22.2. The Balaban J connectivity index is 1.92. The van der Waals surface area contributed by atoms with Gasteiger partial charge in [0.25, 0.3) is 5.91 Å². The van der Waals surface area contributed by atoms with Crippen molar-refractivity contribution < 1.29 is 9.53 Å². The lowest BCUT2D eigenvalue weighted by Gasteiger charge is -2.29. The van der Waals surface area contributed by atoms with Crippen molar-refractivity contribution >= 4 is 29.4 Å². The second kappa shape index (κ2) is 11.7. The molecule has 9 heteroatoms. The Labute approximate surface area is 170 Å². The van der Waals surface area contributed by atoms with Crippen molar-refractivity contribution in [1.29, 1.82) is 5.41 Å². The van der Waals surface area contributed by atoms with E-state index < -0.39 is 5.91 Å². The molecule has 0 spiro atoms. The quantitative estimate of drug-likeness (QED) is 0.114. The summed E-state index contributed by atoms with van der Waals surface area (Å²) in [7, 11) is 1.66. The lowest BCUT2D eigenvalue weighted by Crippen LogP contribution is -2.45. The van der Waals surface area contributed by atoms with Crippen LogP contribution in [0.1, 0.15) is 25.7 Å². The summed E-state index contributed by atoms with van der Waals surface area (Å²) in [5.41, 5.74) is 12.4. The number of amides is 1. The Morgan fingerprint density at radius 2 is 2.04 bits per heavy atom. The first-order valence-corrected chi connectivity index (χ1v) is 10.2. The predicted molar refractivity (Wildman–Crippen MR) is 114 cm³/mol. The highest BCUT2D eigenvalue weighted by atomic mass is 32.2. The van der Waals surface area contributed by atoms with Crippen molar-refractivity contribution in [2.45, 2.75) is 42.7 Å². The van der Waals surface area contributed by atoms with Gasteiger partial charge in [0.15, 0.2) is 0 Å². The third kappa shape index (κ3) is 7.16. The van der Waals surface area contributed by atoms with Crippen LogP contribution in [0, 0.1) is 5.41 Å². The summed E-state index contributed by atoms with van der Waals surface area (Å²) in [6.07, 6.45) is 5.64. The third-order valence-electron chi connectivity index (χ3n) is 4.52. The summed E-state index contributed by atoms with van der Waals surface area (Å²) in [6.45, 7) is 1.39. The molecular formula is C19H30N6O2S. The molecule has 0 radical (unpaired) electrons. The molecule has 0 aliphatic heterocycles. The number of benzene rings is 1. The molecule has 8 nitrogen and oxygen atoms in total. The topological polar surface area (TPSA) is 138 Å². The maximum Gasteiger partial charge on any atom is 0.253 e. The zero-order valence-electron chi connectivity index (χ0n) is 16.2. The monoisotopic (exact) mass is 406 g/mol. The number of ether oxygens (including phenoxy) is 1. The number of nitrogens with one attached hydrogen (secondary N) is 4. The lowest BCUT2D eigenvalue weighted by atomic mass is 9.91. The number of methoxy groups -OCH3 is 1. The number of primary amides is 1. The van der Waals surface area contributed by atoms with Gasteiger partial charge in [-0.3, -0.25) is 14.9 Å². The standard InChI is InChI=1S/C19H30N6O2S/c1-27-11-10-24-28-14-8-6-13(7-9-14)25-18(21)15(19(22)26)12-23-17-5-3-2-4-16(17)20/h6-9,12,16-17,23-24H,2-5,10-11,20H2,1H3,(H2,21,25)(H2,22,26)/b15-12+. The Kier molecular flexibility index (Phi) is 9.29. The minimum atomic E-state index is -0.663. The van der Waals surface area contributed by atoms with Gasteiger partial charge in [-0.05, 0) is 49.1 Å². The molecule has 1 saturated carbocycles. The van der Waals surface area contributed by atoms with Crippen molar-refractivity contribution in [2.24, 2.45) is 11.5 Å². The van der Waals surface area contributed by atoms with Gasteiger partial charge < -0.3 is 26.8 Å². The van der Waals surface area contributed by atoms with Gasteiger partial charge in [-0.25, -0.2) is 0 Å². The fourth-order valence-corrected chi connectivity index (χ4v) is 3.54. The van der Waals surface area contributed by atoms with Crippen molar-refractivity contribution in [3.63, 3.8) is 0 Å². The van der Waals surface area contributed by atoms with E-state index in [0.29, 0.717) is 12.3 Å². The molecule has 1 aliphatic carbocycles. The molecule has 1 fully saturated rings. The summed E-state index contributed by atoms with van der Waals surface area (Å²) in [6, 6.07) is 7.68. The van der Waals surface area contributed by atoms with E-state index in [2.05, 4.69) is 15.4 Å². The summed E-state index contributed by atoms with van der Waals surface area (Å²) < 4.78 is 8.17. The average molecular weight is 407 g/mol. The Hall–Kier alpha value is -2.07. The minimum absolute atomic E-state index is 0.0452. The first-order valence-electron chi connectivity index (χ1n) is 9.37. The van der Waals surface area contributed by atoms with Gasteiger partial charge in [0.1, 0.15) is 5.84 Å². The number of hydrogen-bond acceptors (Lipinski definition) is 7. The van der Waals surface area contributed by atoms with E-state index in [1.54, 1.807) is 7.11 Å². The second-order valence-corrected chi connectivity index (χ2v) is 7.62. The van der Waals surface area contributed by atoms with Crippen LogP contribution in [0.2, 0.25) is 0 Å². The molecule has 0 aromatic heterocycles. The molecule has 1 aliphatic rings. The van der Waals surface area contributed by atoms with Crippen LogP contribution in [0.25, 0.3) is 0 Å². The van der Waals surface area contributed by atoms with Crippen LogP contribution in [-0.2, 0) is 9.53 Å². The summed E-state index contributed by atoms with van der Waals surface area (Å²) in [4.78, 5) is 12.8. The third-order valence-corrected chi connectivity index (χ3v) is 5.37. The number of nitrogens with two attached hydrogens (primary N) is 2. The van der Waals surface area contributed by atoms with E-state index in [0.717, 1.165) is 37.1 Å². The smallest absolute Gasteiger partial charge is 0.253 e. The molecule has 154 valence electrons. The molecule has 0 heterocycles. The van der Waals surface area contributed by atoms with Crippen molar-refractivity contribution in [3.05, 3.63) is 36.0 Å². The van der Waals surface area contributed by atoms with Crippen LogP contribution in [-0.4, -0.2) is 44.1 Å². The van der Waals surface area contributed by atoms with Crippen LogP contribution in [0.5, 0.6) is 0 Å². The SMILES string of the molecule is COCCNSc1ccc(NC(=N)/C(=C\NC2CCCCC2N)C(N)=O)cc1. The van der Waals surface area contributed by atoms with E-state index in [4.69, 9.17) is 21.6 Å². The second-order valence-electron chi connectivity index (χ2n) is 6.66. The Bertz CT molecular complexity index is 680. The van der Waals surface area contributed by atoms with E-state index in [9.17, 15) is 4.79 Å². The Morgan fingerprint density at radius 3 is 2.68 bits per heavy atom. The normalized spacial score (nSPS) is 19.9. The summed E-state index contributed by atoms with van der Waals surface area (Å²) in [5, 5.41) is 14.3. The molecule has 1 amide bonds. The number of carbonyl (C=O) groups excluding carboxylic acids is 1. The molecule has 2 unspecified atom stereocenters. The predicted octanol–water partition coefficient (Wildman–Crippen LogP) is 1.55. The van der Waals surface area contributed by atoms with Crippen LogP contribution < -0.4 is 26.8 Å². The number of rotatable bonds is 10. The highest BCUT2D eigenvalue weighted by molar-refractivity contribution is 7.97. The van der Waals surface area contributed by atoms with Gasteiger partial charge in [0.05, 0.1) is 12.2 Å². The molecule has 1 aromatic rings. The molecule has 28 heavy (non-hydrogen) atoms. The highest BCUT2D eigenvalue weighted by Crippen LogP contribution is 2.19. The molecule has 8 N–H and O–H groups in total. The zero-order chi connectivity index (χ0) is 20.4. The average Bonchev–Trinajstić information content (AvgIpc) is 2.68. The number of amidine groups is 1. The molecule has 1 aromatic carbocycles. The van der Waals surface area contributed by atoms with Gasteiger partial charge in [-0.1, -0.05) is 12.8 Å². The molecule has 2 rings (SSSR count). The van der Waals surface area contributed by atoms with Gasteiger partial charge in [0, 0.05) is 42.5 Å². The number of carbonyl (C=O) groups is 1. The highest BCUT2D eigenvalue weighted by Gasteiger charge is 2.21.